The van der Waals surface area contributed by atoms with E-state index in [0.717, 1.165) is 5.56 Å². The van der Waals surface area contributed by atoms with Crippen LogP contribution in [0.2, 0.25) is 0 Å². The molecule has 1 heterocycles. The molecule has 6 nitrogen and oxygen atoms in total. The molecule has 2 rings (SSSR count). The lowest BCUT2D eigenvalue weighted by Crippen LogP contribution is -2.05. The summed E-state index contributed by atoms with van der Waals surface area (Å²) in [4.78, 5) is 15.8. The summed E-state index contributed by atoms with van der Waals surface area (Å²) in [6.45, 7) is 1.84. The largest absolute Gasteiger partial charge is 0.344 e. The molecule has 0 spiro atoms. The van der Waals surface area contributed by atoms with E-state index in [2.05, 4.69) is 9.97 Å². The highest BCUT2D eigenvalue weighted by Gasteiger charge is 2.06. The van der Waals surface area contributed by atoms with E-state index < -0.39 is 10.1 Å². The zero-order valence-corrected chi connectivity index (χ0v) is 10.4. The third-order valence-electron chi connectivity index (χ3n) is 1.90. The van der Waals surface area contributed by atoms with Gasteiger partial charge in [-0.15, -0.1) is 0 Å². The molecular formula is C11H12N2O4S. The van der Waals surface area contributed by atoms with Gasteiger partial charge in [0.05, 0.1) is 4.90 Å². The highest BCUT2D eigenvalue weighted by molar-refractivity contribution is 7.85. The summed E-state index contributed by atoms with van der Waals surface area (Å²) < 4.78 is 29.6. The number of aryl methyl sites for hydroxylation is 1. The zero-order chi connectivity index (χ0) is 13.6. The minimum Gasteiger partial charge on any atom is -0.313 e. The van der Waals surface area contributed by atoms with Crippen LogP contribution < -0.4 is 5.69 Å². The number of aromatic nitrogens is 2. The maximum Gasteiger partial charge on any atom is 0.344 e. The Morgan fingerprint density at radius 3 is 2.17 bits per heavy atom. The molecule has 0 saturated carbocycles. The summed E-state index contributed by atoms with van der Waals surface area (Å²) in [5.41, 5.74) is 0.653. The van der Waals surface area contributed by atoms with E-state index in [-0.39, 0.29) is 10.6 Å². The van der Waals surface area contributed by atoms with Gasteiger partial charge in [0.2, 0.25) is 0 Å². The predicted molar refractivity (Wildman–Crippen MR) is 65.9 cm³/mol. The maximum atomic E-state index is 10.5. The van der Waals surface area contributed by atoms with E-state index >= 15 is 0 Å². The van der Waals surface area contributed by atoms with Crippen molar-refractivity contribution in [1.29, 1.82) is 0 Å². The second-order valence-corrected chi connectivity index (χ2v) is 4.80. The fourth-order valence-corrected chi connectivity index (χ4v) is 1.50. The number of rotatable bonds is 1. The smallest absolute Gasteiger partial charge is 0.313 e. The zero-order valence-electron chi connectivity index (χ0n) is 9.57. The third kappa shape index (κ3) is 4.89. The van der Waals surface area contributed by atoms with Crippen LogP contribution in [0, 0.1) is 6.92 Å². The molecule has 0 atom stereocenters. The van der Waals surface area contributed by atoms with Crippen LogP contribution in [-0.4, -0.2) is 22.9 Å². The Kier molecular flexibility index (Phi) is 4.75. The molecule has 0 aliphatic heterocycles. The van der Waals surface area contributed by atoms with Crippen molar-refractivity contribution in [2.45, 2.75) is 11.8 Å². The molecule has 0 radical (unpaired) electrons. The summed E-state index contributed by atoms with van der Waals surface area (Å²) in [5, 5.41) is 0. The molecule has 0 amide bonds. The second kappa shape index (κ2) is 6.08. The molecular weight excluding hydrogens is 256 g/mol. The third-order valence-corrected chi connectivity index (χ3v) is 2.77. The monoisotopic (exact) mass is 268 g/mol. The number of hydrogen-bond donors (Lipinski definition) is 2. The topological polar surface area (TPSA) is 100 Å². The van der Waals surface area contributed by atoms with E-state index in [1.54, 1.807) is 18.2 Å². The summed E-state index contributed by atoms with van der Waals surface area (Å²) in [6, 6.07) is 7.64. The SMILES string of the molecule is Cc1ccc(S(=O)(=O)O)cc1.O=c1nccc[nH]1. The first kappa shape index (κ1) is 14.1. The molecule has 0 unspecified atom stereocenters. The van der Waals surface area contributed by atoms with Gasteiger partial charge in [0.1, 0.15) is 0 Å². The first-order valence-electron chi connectivity index (χ1n) is 4.93. The van der Waals surface area contributed by atoms with Crippen LogP contribution in [0.3, 0.4) is 0 Å². The van der Waals surface area contributed by atoms with Crippen molar-refractivity contribution in [3.63, 3.8) is 0 Å². The van der Waals surface area contributed by atoms with Crippen LogP contribution in [-0.2, 0) is 10.1 Å². The molecule has 18 heavy (non-hydrogen) atoms. The van der Waals surface area contributed by atoms with Crippen LogP contribution in [0.5, 0.6) is 0 Å². The van der Waals surface area contributed by atoms with Crippen molar-refractivity contribution >= 4 is 10.1 Å². The normalized spacial score (nSPS) is 10.3. The van der Waals surface area contributed by atoms with Crippen molar-refractivity contribution < 1.29 is 13.0 Å². The van der Waals surface area contributed by atoms with Crippen LogP contribution in [0.25, 0.3) is 0 Å². The van der Waals surface area contributed by atoms with Crippen molar-refractivity contribution in [1.82, 2.24) is 9.97 Å². The van der Waals surface area contributed by atoms with E-state index in [1.807, 2.05) is 6.92 Å². The second-order valence-electron chi connectivity index (χ2n) is 3.37. The van der Waals surface area contributed by atoms with Gasteiger partial charge >= 0.3 is 5.69 Å². The van der Waals surface area contributed by atoms with Crippen molar-refractivity contribution in [2.75, 3.05) is 0 Å². The number of H-pyrrole nitrogens is 1. The molecule has 1 aromatic carbocycles. The number of nitrogens with one attached hydrogen (secondary N) is 1. The van der Waals surface area contributed by atoms with Crippen molar-refractivity contribution in [2.24, 2.45) is 0 Å². The molecule has 96 valence electrons. The van der Waals surface area contributed by atoms with Gasteiger partial charge in [0.25, 0.3) is 10.1 Å². The molecule has 1 aromatic heterocycles. The average Bonchev–Trinajstić information content (AvgIpc) is 2.30. The van der Waals surface area contributed by atoms with Gasteiger partial charge in [-0.3, -0.25) is 4.55 Å². The summed E-state index contributed by atoms with van der Waals surface area (Å²) >= 11 is 0. The Morgan fingerprint density at radius 2 is 1.83 bits per heavy atom. The van der Waals surface area contributed by atoms with Crippen LogP contribution in [0.1, 0.15) is 5.56 Å². The number of hydrogen-bond acceptors (Lipinski definition) is 4. The summed E-state index contributed by atoms with van der Waals surface area (Å²) in [6.07, 6.45) is 2.98. The van der Waals surface area contributed by atoms with Crippen LogP contribution >= 0.6 is 0 Å². The maximum absolute atomic E-state index is 10.5. The van der Waals surface area contributed by atoms with E-state index in [9.17, 15) is 13.2 Å². The Bertz CT molecular complexity index is 630. The molecule has 0 bridgehead atoms. The van der Waals surface area contributed by atoms with Crippen LogP contribution in [0.15, 0.2) is 52.4 Å². The molecule has 0 aliphatic carbocycles. The molecule has 7 heteroatoms. The first-order chi connectivity index (χ1) is 8.39. The summed E-state index contributed by atoms with van der Waals surface area (Å²) in [7, 11) is -4.02. The molecule has 0 aliphatic rings. The van der Waals surface area contributed by atoms with E-state index in [1.165, 1.54) is 24.5 Å². The minimum atomic E-state index is -4.02. The van der Waals surface area contributed by atoms with E-state index in [0.29, 0.717) is 0 Å². The highest BCUT2D eigenvalue weighted by Crippen LogP contribution is 2.08. The van der Waals surface area contributed by atoms with Gasteiger partial charge in [-0.2, -0.15) is 8.42 Å². The lowest BCUT2D eigenvalue weighted by Gasteiger charge is -1.95. The lowest BCUT2D eigenvalue weighted by atomic mass is 10.2. The quantitative estimate of drug-likeness (QED) is 0.752. The van der Waals surface area contributed by atoms with Gasteiger partial charge < -0.3 is 4.98 Å². The lowest BCUT2D eigenvalue weighted by molar-refractivity contribution is 0.483. The van der Waals surface area contributed by atoms with Gasteiger partial charge in [-0.25, -0.2) is 9.78 Å². The highest BCUT2D eigenvalue weighted by atomic mass is 32.2. The van der Waals surface area contributed by atoms with Gasteiger partial charge in [-0.1, -0.05) is 17.7 Å². The number of nitrogens with zero attached hydrogens (tertiary/aromatic N) is 1. The Balaban J connectivity index is 0.000000199. The van der Waals surface area contributed by atoms with Crippen molar-refractivity contribution in [3.05, 3.63) is 58.8 Å². The van der Waals surface area contributed by atoms with Gasteiger partial charge in [-0.05, 0) is 25.1 Å². The fraction of sp³-hybridized carbons (Fsp3) is 0.0909. The Hall–Kier alpha value is -1.99. The number of aromatic amines is 1. The Morgan fingerprint density at radius 1 is 1.22 bits per heavy atom. The van der Waals surface area contributed by atoms with Gasteiger partial charge in [0.15, 0.2) is 0 Å². The van der Waals surface area contributed by atoms with Gasteiger partial charge in [0, 0.05) is 12.4 Å². The fourth-order valence-electron chi connectivity index (χ4n) is 1.02. The number of benzene rings is 1. The minimum absolute atomic E-state index is 0.0666. The molecule has 0 fully saturated rings. The molecule has 2 N–H and O–H groups in total. The molecule has 2 aromatic rings. The Labute approximate surface area is 104 Å². The van der Waals surface area contributed by atoms with Crippen LogP contribution in [0.4, 0.5) is 0 Å². The predicted octanol–water partition coefficient (Wildman–Crippen LogP) is 1.01. The van der Waals surface area contributed by atoms with E-state index in [4.69, 9.17) is 4.55 Å². The first-order valence-corrected chi connectivity index (χ1v) is 6.37. The standard InChI is InChI=1S/C7H8O3S.C4H4N2O/c1-6-2-4-7(5-3-6)11(8,9)10;7-4-5-2-1-3-6-4/h2-5H,1H3,(H,8,9,10);1-3H,(H,5,6,7). The summed E-state index contributed by atoms with van der Waals surface area (Å²) in [5.74, 6) is 0. The van der Waals surface area contributed by atoms with Crippen molar-refractivity contribution in [3.8, 4) is 0 Å². The molecule has 0 saturated heterocycles. The average molecular weight is 268 g/mol.